The first-order valence-electron chi connectivity index (χ1n) is 7.90. The van der Waals surface area contributed by atoms with E-state index in [4.69, 9.17) is 9.47 Å². The normalized spacial score (nSPS) is 16.7. The molecule has 1 aromatic rings. The molecule has 1 aliphatic carbocycles. The van der Waals surface area contributed by atoms with Crippen LogP contribution < -0.4 is 4.74 Å². The molecule has 4 heteroatoms. The smallest absolute Gasteiger partial charge is 0.320 e. The molecule has 1 fully saturated rings. The van der Waals surface area contributed by atoms with Gasteiger partial charge in [0.25, 0.3) is 0 Å². The van der Waals surface area contributed by atoms with E-state index < -0.39 is 0 Å². The van der Waals surface area contributed by atoms with Gasteiger partial charge in [0.15, 0.2) is 0 Å². The van der Waals surface area contributed by atoms with Gasteiger partial charge in [-0.3, -0.25) is 9.69 Å². The maximum Gasteiger partial charge on any atom is 0.320 e. The number of hydrogen-bond donors (Lipinski definition) is 0. The van der Waals surface area contributed by atoms with Gasteiger partial charge in [0.2, 0.25) is 0 Å². The zero-order chi connectivity index (χ0) is 14.7. The van der Waals surface area contributed by atoms with Crippen LogP contribution in [0.4, 0.5) is 0 Å². The van der Waals surface area contributed by atoms with E-state index in [2.05, 4.69) is 23.1 Å². The highest BCUT2D eigenvalue weighted by atomic mass is 16.5. The Labute approximate surface area is 126 Å². The molecule has 3 rings (SSSR count). The first-order chi connectivity index (χ1) is 10.3. The quantitative estimate of drug-likeness (QED) is 0.721. The molecule has 114 valence electrons. The molecule has 1 aromatic carbocycles. The molecule has 0 radical (unpaired) electrons. The van der Waals surface area contributed by atoms with Crippen molar-refractivity contribution in [1.29, 1.82) is 0 Å². The van der Waals surface area contributed by atoms with Crippen LogP contribution in [0.2, 0.25) is 0 Å². The van der Waals surface area contributed by atoms with Gasteiger partial charge in [0.1, 0.15) is 5.75 Å². The van der Waals surface area contributed by atoms with Crippen LogP contribution in [0.25, 0.3) is 0 Å². The van der Waals surface area contributed by atoms with Crippen molar-refractivity contribution >= 4 is 5.97 Å². The Balaban J connectivity index is 1.55. The van der Waals surface area contributed by atoms with Crippen LogP contribution in [0.5, 0.6) is 5.75 Å². The minimum absolute atomic E-state index is 0.105. The highest BCUT2D eigenvalue weighted by molar-refractivity contribution is 5.71. The minimum atomic E-state index is -0.105. The number of ether oxygens (including phenoxy) is 2. The summed E-state index contributed by atoms with van der Waals surface area (Å²) in [5.74, 6) is 0.927. The van der Waals surface area contributed by atoms with E-state index in [0.29, 0.717) is 19.2 Å². The lowest BCUT2D eigenvalue weighted by molar-refractivity contribution is -0.144. The van der Waals surface area contributed by atoms with Crippen LogP contribution in [-0.2, 0) is 22.4 Å². The van der Waals surface area contributed by atoms with E-state index in [-0.39, 0.29) is 5.97 Å². The molecule has 1 aliphatic heterocycles. The lowest BCUT2D eigenvalue weighted by Crippen LogP contribution is -2.34. The second kappa shape index (κ2) is 6.48. The van der Waals surface area contributed by atoms with E-state index in [0.717, 1.165) is 31.7 Å². The number of esters is 1. The summed E-state index contributed by atoms with van der Waals surface area (Å²) in [4.78, 5) is 13.9. The fourth-order valence-corrected chi connectivity index (χ4v) is 2.87. The van der Waals surface area contributed by atoms with Crippen LogP contribution in [0.3, 0.4) is 0 Å². The second-order valence-corrected chi connectivity index (χ2v) is 5.80. The van der Waals surface area contributed by atoms with Crippen molar-refractivity contribution in [3.63, 3.8) is 0 Å². The molecule has 0 spiro atoms. The molecule has 1 saturated carbocycles. The van der Waals surface area contributed by atoms with Crippen LogP contribution in [0, 0.1) is 0 Å². The molecule has 0 aromatic heterocycles. The fraction of sp³-hybridized carbons (Fsp3) is 0.588. The summed E-state index contributed by atoms with van der Waals surface area (Å²) in [6.45, 7) is 4.46. The minimum Gasteiger partial charge on any atom is -0.493 e. The summed E-state index contributed by atoms with van der Waals surface area (Å²) < 4.78 is 10.6. The largest absolute Gasteiger partial charge is 0.493 e. The van der Waals surface area contributed by atoms with E-state index >= 15 is 0 Å². The molecule has 0 amide bonds. The molecule has 1 heterocycles. The molecule has 0 atom stereocenters. The van der Waals surface area contributed by atoms with E-state index in [1.165, 1.54) is 24.0 Å². The van der Waals surface area contributed by atoms with Crippen LogP contribution in [0.1, 0.15) is 30.9 Å². The predicted molar refractivity (Wildman–Crippen MR) is 80.6 cm³/mol. The number of nitrogens with zero attached hydrogens (tertiary/aromatic N) is 1. The number of carbonyl (C=O) groups is 1. The Bertz CT molecular complexity index is 511. The first kappa shape index (κ1) is 14.4. The topological polar surface area (TPSA) is 38.8 Å². The molecule has 0 N–H and O–H groups in total. The van der Waals surface area contributed by atoms with Crippen LogP contribution in [-0.4, -0.2) is 43.2 Å². The number of carbonyl (C=O) groups excluding carboxylic acids is 1. The summed E-state index contributed by atoms with van der Waals surface area (Å²) in [6, 6.07) is 7.04. The summed E-state index contributed by atoms with van der Waals surface area (Å²) in [5, 5.41) is 0. The van der Waals surface area contributed by atoms with Crippen LogP contribution in [0.15, 0.2) is 18.2 Å². The SMILES string of the molecule is CCOC(=O)CN(CCc1ccc2c(c1)CCO2)C1CC1. The third-order valence-electron chi connectivity index (χ3n) is 4.14. The Morgan fingerprint density at radius 1 is 1.43 bits per heavy atom. The number of hydrogen-bond acceptors (Lipinski definition) is 4. The van der Waals surface area contributed by atoms with Gasteiger partial charge >= 0.3 is 5.97 Å². The Morgan fingerprint density at radius 3 is 3.05 bits per heavy atom. The average molecular weight is 289 g/mol. The van der Waals surface area contributed by atoms with Gasteiger partial charge in [-0.15, -0.1) is 0 Å². The lowest BCUT2D eigenvalue weighted by Gasteiger charge is -2.20. The van der Waals surface area contributed by atoms with Crippen molar-refractivity contribution in [3.05, 3.63) is 29.3 Å². The molecular weight excluding hydrogens is 266 g/mol. The Morgan fingerprint density at radius 2 is 2.29 bits per heavy atom. The number of benzene rings is 1. The highest BCUT2D eigenvalue weighted by Crippen LogP contribution is 2.28. The molecule has 21 heavy (non-hydrogen) atoms. The molecule has 0 unspecified atom stereocenters. The van der Waals surface area contributed by atoms with Crippen molar-refractivity contribution in [2.24, 2.45) is 0 Å². The van der Waals surface area contributed by atoms with Gasteiger partial charge in [-0.1, -0.05) is 12.1 Å². The highest BCUT2D eigenvalue weighted by Gasteiger charge is 2.30. The van der Waals surface area contributed by atoms with E-state index in [1.807, 2.05) is 6.92 Å². The summed E-state index contributed by atoms with van der Waals surface area (Å²) >= 11 is 0. The van der Waals surface area contributed by atoms with Gasteiger partial charge in [-0.25, -0.2) is 0 Å². The maximum absolute atomic E-state index is 11.7. The van der Waals surface area contributed by atoms with Crippen LogP contribution >= 0.6 is 0 Å². The predicted octanol–water partition coefficient (Wildman–Crippen LogP) is 2.19. The Kier molecular flexibility index (Phi) is 4.44. The summed E-state index contributed by atoms with van der Waals surface area (Å²) in [5.41, 5.74) is 2.64. The molecular formula is C17H23NO3. The Hall–Kier alpha value is -1.55. The maximum atomic E-state index is 11.7. The van der Waals surface area contributed by atoms with Crippen molar-refractivity contribution in [3.8, 4) is 5.75 Å². The monoisotopic (exact) mass is 289 g/mol. The second-order valence-electron chi connectivity index (χ2n) is 5.80. The fourth-order valence-electron chi connectivity index (χ4n) is 2.87. The number of rotatable bonds is 7. The van der Waals surface area contributed by atoms with Crippen molar-refractivity contribution < 1.29 is 14.3 Å². The summed E-state index contributed by atoms with van der Waals surface area (Å²) in [6.07, 6.45) is 4.40. The molecule has 4 nitrogen and oxygen atoms in total. The molecule has 2 aliphatic rings. The van der Waals surface area contributed by atoms with Crippen molar-refractivity contribution in [2.45, 2.75) is 38.6 Å². The third kappa shape index (κ3) is 3.76. The van der Waals surface area contributed by atoms with Gasteiger partial charge in [-0.2, -0.15) is 0 Å². The molecule has 0 saturated heterocycles. The average Bonchev–Trinajstić information content (AvgIpc) is 3.21. The van der Waals surface area contributed by atoms with Gasteiger partial charge in [-0.05, 0) is 43.4 Å². The van der Waals surface area contributed by atoms with Gasteiger partial charge in [0, 0.05) is 19.0 Å². The summed E-state index contributed by atoms with van der Waals surface area (Å²) in [7, 11) is 0. The van der Waals surface area contributed by atoms with E-state index in [9.17, 15) is 4.79 Å². The van der Waals surface area contributed by atoms with Crippen molar-refractivity contribution in [1.82, 2.24) is 4.90 Å². The van der Waals surface area contributed by atoms with Gasteiger partial charge in [0.05, 0.1) is 19.8 Å². The van der Waals surface area contributed by atoms with Gasteiger partial charge < -0.3 is 9.47 Å². The zero-order valence-electron chi connectivity index (χ0n) is 12.6. The third-order valence-corrected chi connectivity index (χ3v) is 4.14. The van der Waals surface area contributed by atoms with Crippen molar-refractivity contribution in [2.75, 3.05) is 26.3 Å². The van der Waals surface area contributed by atoms with E-state index in [1.54, 1.807) is 0 Å². The number of fused-ring (bicyclic) bond motifs is 1. The molecule has 0 bridgehead atoms. The first-order valence-corrected chi connectivity index (χ1v) is 7.90. The lowest BCUT2D eigenvalue weighted by atomic mass is 10.1. The standard InChI is InChI=1S/C17H23NO3/c1-2-20-17(19)12-18(15-4-5-15)9-7-13-3-6-16-14(11-13)8-10-21-16/h3,6,11,15H,2,4-5,7-10,12H2,1H3. The zero-order valence-corrected chi connectivity index (χ0v) is 12.6.